The SMILES string of the molecule is Cc1nn(-c2ccccc2)c(C)c1CN(C)S(C)(=O)=O. The molecule has 0 atom stereocenters. The fourth-order valence-electron chi connectivity index (χ4n) is 2.06. The average Bonchev–Trinajstić information content (AvgIpc) is 2.66. The standard InChI is InChI=1S/C14H19N3O2S/c1-11-14(10-16(3)20(4,18)19)12(2)17(15-11)13-8-6-5-7-9-13/h5-9H,10H2,1-4H3. The zero-order valence-electron chi connectivity index (χ0n) is 12.2. The Bertz CT molecular complexity index is 706. The van der Waals surface area contributed by atoms with E-state index >= 15 is 0 Å². The Kier molecular flexibility index (Phi) is 3.96. The van der Waals surface area contributed by atoms with E-state index in [2.05, 4.69) is 5.10 Å². The third kappa shape index (κ3) is 2.91. The molecule has 0 aliphatic heterocycles. The van der Waals surface area contributed by atoms with E-state index in [1.54, 1.807) is 7.05 Å². The predicted molar refractivity (Wildman–Crippen MR) is 79.3 cm³/mol. The molecule has 20 heavy (non-hydrogen) atoms. The van der Waals surface area contributed by atoms with Crippen LogP contribution in [-0.2, 0) is 16.6 Å². The maximum absolute atomic E-state index is 11.5. The molecule has 0 fully saturated rings. The predicted octanol–water partition coefficient (Wildman–Crippen LogP) is 1.88. The van der Waals surface area contributed by atoms with Crippen molar-refractivity contribution in [1.29, 1.82) is 0 Å². The fourth-order valence-corrected chi connectivity index (χ4v) is 2.43. The molecular formula is C14H19N3O2S. The second-order valence-electron chi connectivity index (χ2n) is 4.92. The minimum Gasteiger partial charge on any atom is -0.238 e. The number of sulfonamides is 1. The van der Waals surface area contributed by atoms with E-state index in [0.717, 1.165) is 22.6 Å². The van der Waals surface area contributed by atoms with Crippen LogP contribution in [-0.4, -0.2) is 35.8 Å². The van der Waals surface area contributed by atoms with Crippen molar-refractivity contribution in [3.05, 3.63) is 47.3 Å². The van der Waals surface area contributed by atoms with Gasteiger partial charge in [0.1, 0.15) is 0 Å². The largest absolute Gasteiger partial charge is 0.238 e. The van der Waals surface area contributed by atoms with Crippen LogP contribution in [0.4, 0.5) is 0 Å². The van der Waals surface area contributed by atoms with E-state index in [-0.39, 0.29) is 0 Å². The smallest absolute Gasteiger partial charge is 0.211 e. The summed E-state index contributed by atoms with van der Waals surface area (Å²) in [5.74, 6) is 0. The molecule has 2 aromatic rings. The number of nitrogens with zero attached hydrogens (tertiary/aromatic N) is 3. The number of aromatic nitrogens is 2. The minimum absolute atomic E-state index is 0.337. The van der Waals surface area contributed by atoms with Gasteiger partial charge >= 0.3 is 0 Å². The Morgan fingerprint density at radius 3 is 2.35 bits per heavy atom. The molecule has 0 amide bonds. The molecule has 1 heterocycles. The quantitative estimate of drug-likeness (QED) is 0.865. The van der Waals surface area contributed by atoms with Crippen molar-refractivity contribution in [3.63, 3.8) is 0 Å². The molecule has 0 radical (unpaired) electrons. The normalized spacial score (nSPS) is 12.1. The highest BCUT2D eigenvalue weighted by atomic mass is 32.2. The molecule has 0 unspecified atom stereocenters. The average molecular weight is 293 g/mol. The van der Waals surface area contributed by atoms with Crippen LogP contribution in [0.5, 0.6) is 0 Å². The first-order valence-electron chi connectivity index (χ1n) is 6.32. The molecule has 0 spiro atoms. The minimum atomic E-state index is -3.19. The third-order valence-electron chi connectivity index (χ3n) is 3.39. The van der Waals surface area contributed by atoms with Gasteiger partial charge < -0.3 is 0 Å². The van der Waals surface area contributed by atoms with Crippen LogP contribution in [0, 0.1) is 13.8 Å². The molecule has 0 bridgehead atoms. The van der Waals surface area contributed by atoms with E-state index in [1.165, 1.54) is 10.6 Å². The van der Waals surface area contributed by atoms with Crippen molar-refractivity contribution >= 4 is 10.0 Å². The molecule has 0 saturated carbocycles. The first-order valence-corrected chi connectivity index (χ1v) is 8.17. The van der Waals surface area contributed by atoms with Gasteiger partial charge in [0.05, 0.1) is 17.6 Å². The van der Waals surface area contributed by atoms with Crippen molar-refractivity contribution in [3.8, 4) is 5.69 Å². The summed E-state index contributed by atoms with van der Waals surface area (Å²) in [5.41, 5.74) is 3.73. The van der Waals surface area contributed by atoms with Gasteiger partial charge in [0, 0.05) is 24.8 Å². The molecule has 2 rings (SSSR count). The summed E-state index contributed by atoms with van der Waals surface area (Å²) in [6, 6.07) is 9.81. The summed E-state index contributed by atoms with van der Waals surface area (Å²) in [6.07, 6.45) is 1.21. The lowest BCUT2D eigenvalue weighted by Crippen LogP contribution is -2.25. The van der Waals surface area contributed by atoms with Crippen LogP contribution < -0.4 is 0 Å². The zero-order valence-corrected chi connectivity index (χ0v) is 13.0. The number of benzene rings is 1. The Morgan fingerprint density at radius 2 is 1.80 bits per heavy atom. The number of hydrogen-bond donors (Lipinski definition) is 0. The lowest BCUT2D eigenvalue weighted by Gasteiger charge is -2.14. The van der Waals surface area contributed by atoms with Gasteiger partial charge in [-0.25, -0.2) is 17.4 Å². The summed E-state index contributed by atoms with van der Waals surface area (Å²) in [6.45, 7) is 4.19. The molecule has 0 saturated heterocycles. The topological polar surface area (TPSA) is 55.2 Å². The molecular weight excluding hydrogens is 274 g/mol. The highest BCUT2D eigenvalue weighted by Crippen LogP contribution is 2.19. The van der Waals surface area contributed by atoms with Gasteiger partial charge in [-0.05, 0) is 26.0 Å². The van der Waals surface area contributed by atoms with E-state index in [1.807, 2.05) is 48.9 Å². The molecule has 6 heteroatoms. The lowest BCUT2D eigenvalue weighted by atomic mass is 10.2. The second-order valence-corrected chi connectivity index (χ2v) is 7.01. The summed E-state index contributed by atoms with van der Waals surface area (Å²) >= 11 is 0. The van der Waals surface area contributed by atoms with E-state index in [0.29, 0.717) is 6.54 Å². The molecule has 5 nitrogen and oxygen atoms in total. The van der Waals surface area contributed by atoms with E-state index in [9.17, 15) is 8.42 Å². The number of para-hydroxylation sites is 1. The first-order chi connectivity index (χ1) is 9.30. The van der Waals surface area contributed by atoms with Crippen LogP contribution in [0.25, 0.3) is 5.69 Å². The summed E-state index contributed by atoms with van der Waals surface area (Å²) in [4.78, 5) is 0. The van der Waals surface area contributed by atoms with E-state index < -0.39 is 10.0 Å². The van der Waals surface area contributed by atoms with Gasteiger partial charge in [-0.15, -0.1) is 0 Å². The van der Waals surface area contributed by atoms with Crippen molar-refractivity contribution in [2.45, 2.75) is 20.4 Å². The monoisotopic (exact) mass is 293 g/mol. The Labute approximate surface area is 119 Å². The van der Waals surface area contributed by atoms with Crippen LogP contribution in [0.3, 0.4) is 0 Å². The summed E-state index contributed by atoms with van der Waals surface area (Å²) in [5, 5.41) is 4.51. The van der Waals surface area contributed by atoms with Gasteiger partial charge in [0.15, 0.2) is 0 Å². The van der Waals surface area contributed by atoms with Crippen LogP contribution >= 0.6 is 0 Å². The van der Waals surface area contributed by atoms with Crippen LogP contribution in [0.1, 0.15) is 17.0 Å². The van der Waals surface area contributed by atoms with Crippen molar-refractivity contribution < 1.29 is 8.42 Å². The summed E-state index contributed by atoms with van der Waals surface area (Å²) in [7, 11) is -1.62. The third-order valence-corrected chi connectivity index (χ3v) is 4.65. The van der Waals surface area contributed by atoms with Crippen molar-refractivity contribution in [1.82, 2.24) is 14.1 Å². The number of hydrogen-bond acceptors (Lipinski definition) is 3. The zero-order chi connectivity index (χ0) is 14.9. The molecule has 1 aromatic carbocycles. The molecule has 0 aliphatic rings. The molecule has 1 aromatic heterocycles. The summed E-state index contributed by atoms with van der Waals surface area (Å²) < 4.78 is 26.2. The first kappa shape index (κ1) is 14.7. The lowest BCUT2D eigenvalue weighted by molar-refractivity contribution is 0.470. The highest BCUT2D eigenvalue weighted by molar-refractivity contribution is 7.88. The molecule has 0 aliphatic carbocycles. The number of aryl methyl sites for hydroxylation is 1. The Hall–Kier alpha value is -1.66. The van der Waals surface area contributed by atoms with Gasteiger partial charge in [-0.2, -0.15) is 5.10 Å². The van der Waals surface area contributed by atoms with Gasteiger partial charge in [0.25, 0.3) is 0 Å². The number of rotatable bonds is 4. The maximum atomic E-state index is 11.5. The van der Waals surface area contributed by atoms with E-state index in [4.69, 9.17) is 0 Å². The fraction of sp³-hybridized carbons (Fsp3) is 0.357. The molecule has 0 N–H and O–H groups in total. The molecule has 108 valence electrons. The second kappa shape index (κ2) is 5.38. The maximum Gasteiger partial charge on any atom is 0.211 e. The van der Waals surface area contributed by atoms with Gasteiger partial charge in [-0.3, -0.25) is 0 Å². The van der Waals surface area contributed by atoms with Gasteiger partial charge in [-0.1, -0.05) is 18.2 Å². The van der Waals surface area contributed by atoms with Crippen molar-refractivity contribution in [2.75, 3.05) is 13.3 Å². The van der Waals surface area contributed by atoms with Crippen LogP contribution in [0.15, 0.2) is 30.3 Å². The van der Waals surface area contributed by atoms with Crippen molar-refractivity contribution in [2.24, 2.45) is 0 Å². The Balaban J connectivity index is 2.40. The van der Waals surface area contributed by atoms with Crippen LogP contribution in [0.2, 0.25) is 0 Å². The van der Waals surface area contributed by atoms with Gasteiger partial charge in [0.2, 0.25) is 10.0 Å². The Morgan fingerprint density at radius 1 is 1.20 bits per heavy atom. The highest BCUT2D eigenvalue weighted by Gasteiger charge is 2.18.